The molecule has 1 aliphatic heterocycles. The van der Waals surface area contributed by atoms with Gasteiger partial charge in [-0.2, -0.15) is 0 Å². The second-order valence-corrected chi connectivity index (χ2v) is 8.73. The second-order valence-electron chi connectivity index (χ2n) is 8.73. The minimum atomic E-state index is -0.399. The summed E-state index contributed by atoms with van der Waals surface area (Å²) in [4.78, 5) is 30.7. The summed E-state index contributed by atoms with van der Waals surface area (Å²) >= 11 is 0. The van der Waals surface area contributed by atoms with E-state index in [2.05, 4.69) is 10.2 Å². The van der Waals surface area contributed by atoms with Crippen LogP contribution >= 0.6 is 0 Å². The lowest BCUT2D eigenvalue weighted by atomic mass is 10.1. The minimum absolute atomic E-state index is 0.00570. The Hall–Kier alpha value is -2.19. The van der Waals surface area contributed by atoms with E-state index in [1.807, 2.05) is 43.6 Å². The number of carbonyl (C=O) groups is 2. The van der Waals surface area contributed by atoms with Crippen LogP contribution in [0.15, 0.2) is 18.2 Å². The molecule has 1 aliphatic rings. The van der Waals surface area contributed by atoms with Gasteiger partial charge in [-0.25, -0.2) is 4.39 Å². The fourth-order valence-corrected chi connectivity index (χ4v) is 3.45. The summed E-state index contributed by atoms with van der Waals surface area (Å²) in [6.07, 6.45) is 0. The smallest absolute Gasteiger partial charge is 0.236 e. The molecule has 0 aromatic heterocycles. The Kier molecular flexibility index (Phi) is 8.61. The highest BCUT2D eigenvalue weighted by atomic mass is 19.1. The average molecular weight is 423 g/mol. The Labute approximate surface area is 179 Å². The van der Waals surface area contributed by atoms with E-state index in [9.17, 15) is 14.0 Å². The molecule has 168 valence electrons. The lowest BCUT2D eigenvalue weighted by Gasteiger charge is -2.36. The third kappa shape index (κ3) is 7.57. The highest BCUT2D eigenvalue weighted by Crippen LogP contribution is 2.18. The standard InChI is InChI=1S/C22H35FN4O3/c1-6-25(14-17-7-8-19(30-5)18(23)13-17)16-21(29)27-11-9-26(10-12-27)15-20(28)24-22(2,3)4/h7-8,13H,6,9-12,14-16H2,1-5H3,(H,24,28). The monoisotopic (exact) mass is 422 g/mol. The third-order valence-corrected chi connectivity index (χ3v) is 5.04. The molecule has 0 aliphatic carbocycles. The van der Waals surface area contributed by atoms with Crippen molar-refractivity contribution < 1.29 is 18.7 Å². The molecule has 1 saturated heterocycles. The van der Waals surface area contributed by atoms with Gasteiger partial charge in [0.15, 0.2) is 11.6 Å². The van der Waals surface area contributed by atoms with Crippen LogP contribution in [0.25, 0.3) is 0 Å². The van der Waals surface area contributed by atoms with Crippen molar-refractivity contribution in [2.75, 3.05) is 52.9 Å². The summed E-state index contributed by atoms with van der Waals surface area (Å²) in [5.74, 6) is -0.119. The summed E-state index contributed by atoms with van der Waals surface area (Å²) in [6, 6.07) is 4.87. The zero-order valence-corrected chi connectivity index (χ0v) is 18.8. The predicted octanol–water partition coefficient (Wildman–Crippen LogP) is 1.72. The molecule has 2 rings (SSSR count). The summed E-state index contributed by atoms with van der Waals surface area (Å²) in [5.41, 5.74) is 0.559. The third-order valence-electron chi connectivity index (χ3n) is 5.04. The van der Waals surface area contributed by atoms with Crippen molar-refractivity contribution in [2.24, 2.45) is 0 Å². The summed E-state index contributed by atoms with van der Waals surface area (Å²) in [5, 5.41) is 2.97. The van der Waals surface area contributed by atoms with Gasteiger partial charge in [-0.15, -0.1) is 0 Å². The van der Waals surface area contributed by atoms with E-state index in [-0.39, 0.29) is 29.6 Å². The fourth-order valence-electron chi connectivity index (χ4n) is 3.45. The van der Waals surface area contributed by atoms with Crippen molar-refractivity contribution >= 4 is 11.8 Å². The highest BCUT2D eigenvalue weighted by Gasteiger charge is 2.24. The first-order valence-electron chi connectivity index (χ1n) is 10.5. The molecule has 0 atom stereocenters. The number of piperazine rings is 1. The van der Waals surface area contributed by atoms with Gasteiger partial charge in [0.1, 0.15) is 0 Å². The van der Waals surface area contributed by atoms with Gasteiger partial charge in [0.25, 0.3) is 0 Å². The van der Waals surface area contributed by atoms with Crippen LogP contribution in [0.1, 0.15) is 33.3 Å². The molecule has 1 aromatic carbocycles. The van der Waals surface area contributed by atoms with Crippen molar-refractivity contribution in [3.05, 3.63) is 29.6 Å². The molecule has 1 heterocycles. The number of hydrogen-bond acceptors (Lipinski definition) is 5. The van der Waals surface area contributed by atoms with Crippen molar-refractivity contribution in [1.29, 1.82) is 0 Å². The summed E-state index contributed by atoms with van der Waals surface area (Å²) in [6.45, 7) is 12.3. The number of halogens is 1. The number of methoxy groups -OCH3 is 1. The molecule has 2 amide bonds. The largest absolute Gasteiger partial charge is 0.494 e. The Morgan fingerprint density at radius 2 is 1.87 bits per heavy atom. The fraction of sp³-hybridized carbons (Fsp3) is 0.636. The van der Waals surface area contributed by atoms with E-state index in [1.165, 1.54) is 13.2 Å². The minimum Gasteiger partial charge on any atom is -0.494 e. The van der Waals surface area contributed by atoms with Crippen LogP contribution in [0.4, 0.5) is 4.39 Å². The van der Waals surface area contributed by atoms with Crippen molar-refractivity contribution in [1.82, 2.24) is 20.0 Å². The first-order valence-corrected chi connectivity index (χ1v) is 10.5. The van der Waals surface area contributed by atoms with Crippen LogP contribution in [0.2, 0.25) is 0 Å². The van der Waals surface area contributed by atoms with E-state index >= 15 is 0 Å². The Balaban J connectivity index is 1.81. The topological polar surface area (TPSA) is 65.1 Å². The average Bonchev–Trinajstić information content (AvgIpc) is 2.66. The highest BCUT2D eigenvalue weighted by molar-refractivity contribution is 5.79. The van der Waals surface area contributed by atoms with Crippen LogP contribution in [-0.4, -0.2) is 85.0 Å². The quantitative estimate of drug-likeness (QED) is 0.691. The number of rotatable bonds is 8. The zero-order valence-electron chi connectivity index (χ0n) is 18.8. The van der Waals surface area contributed by atoms with Crippen LogP contribution in [0.3, 0.4) is 0 Å². The molecule has 8 heteroatoms. The molecule has 1 aromatic rings. The number of amides is 2. The van der Waals surface area contributed by atoms with E-state index in [0.717, 1.165) is 5.56 Å². The number of likely N-dealkylation sites (N-methyl/N-ethyl adjacent to an activating group) is 1. The van der Waals surface area contributed by atoms with Gasteiger partial charge in [-0.1, -0.05) is 13.0 Å². The van der Waals surface area contributed by atoms with E-state index in [1.54, 1.807) is 6.07 Å². The van der Waals surface area contributed by atoms with E-state index in [0.29, 0.717) is 45.8 Å². The number of nitrogens with zero attached hydrogens (tertiary/aromatic N) is 3. The Morgan fingerprint density at radius 3 is 2.40 bits per heavy atom. The normalized spacial score (nSPS) is 15.4. The van der Waals surface area contributed by atoms with Gasteiger partial charge in [-0.3, -0.25) is 19.4 Å². The molecule has 1 N–H and O–H groups in total. The number of carbonyl (C=O) groups excluding carboxylic acids is 2. The zero-order chi connectivity index (χ0) is 22.3. The maximum absolute atomic E-state index is 13.9. The van der Waals surface area contributed by atoms with Crippen molar-refractivity contribution in [2.45, 2.75) is 39.8 Å². The van der Waals surface area contributed by atoms with Crippen molar-refractivity contribution in [3.63, 3.8) is 0 Å². The number of nitrogens with one attached hydrogen (secondary N) is 1. The van der Waals surface area contributed by atoms with Crippen LogP contribution in [0, 0.1) is 5.82 Å². The summed E-state index contributed by atoms with van der Waals surface area (Å²) in [7, 11) is 1.44. The van der Waals surface area contributed by atoms with E-state index in [4.69, 9.17) is 4.74 Å². The molecule has 30 heavy (non-hydrogen) atoms. The molecule has 0 saturated carbocycles. The van der Waals surface area contributed by atoms with E-state index < -0.39 is 5.82 Å². The lowest BCUT2D eigenvalue weighted by molar-refractivity contribution is -0.134. The molecule has 7 nitrogen and oxygen atoms in total. The van der Waals surface area contributed by atoms with Gasteiger partial charge in [0.2, 0.25) is 11.8 Å². The van der Waals surface area contributed by atoms with Crippen LogP contribution < -0.4 is 10.1 Å². The number of hydrogen-bond donors (Lipinski definition) is 1. The molecular weight excluding hydrogens is 387 g/mol. The maximum Gasteiger partial charge on any atom is 0.236 e. The van der Waals surface area contributed by atoms with Gasteiger partial charge >= 0.3 is 0 Å². The second kappa shape index (κ2) is 10.7. The Bertz CT molecular complexity index is 728. The van der Waals surface area contributed by atoms with Crippen LogP contribution in [-0.2, 0) is 16.1 Å². The predicted molar refractivity (Wildman–Crippen MR) is 115 cm³/mol. The first kappa shape index (κ1) is 24.1. The molecule has 0 unspecified atom stereocenters. The van der Waals surface area contributed by atoms with Gasteiger partial charge in [0.05, 0.1) is 20.2 Å². The lowest BCUT2D eigenvalue weighted by Crippen LogP contribution is -2.54. The number of benzene rings is 1. The Morgan fingerprint density at radius 1 is 1.20 bits per heavy atom. The maximum atomic E-state index is 13.9. The molecule has 0 radical (unpaired) electrons. The molecule has 0 bridgehead atoms. The first-order chi connectivity index (χ1) is 14.1. The van der Waals surface area contributed by atoms with Crippen molar-refractivity contribution in [3.8, 4) is 5.75 Å². The van der Waals surface area contributed by atoms with Gasteiger partial charge < -0.3 is 15.0 Å². The summed E-state index contributed by atoms with van der Waals surface area (Å²) < 4.78 is 18.9. The molecular formula is C22H35FN4O3. The van der Waals surface area contributed by atoms with Crippen LogP contribution in [0.5, 0.6) is 5.75 Å². The molecule has 0 spiro atoms. The van der Waals surface area contributed by atoms with Gasteiger partial charge in [-0.05, 0) is 45.0 Å². The van der Waals surface area contributed by atoms with Gasteiger partial charge in [0, 0.05) is 38.3 Å². The SMILES string of the molecule is CCN(CC(=O)N1CCN(CC(=O)NC(C)(C)C)CC1)Cc1ccc(OC)c(F)c1. The molecule has 1 fully saturated rings. The number of ether oxygens (including phenoxy) is 1.